The van der Waals surface area contributed by atoms with Crippen molar-refractivity contribution in [3.05, 3.63) is 71.4 Å². The van der Waals surface area contributed by atoms with Crippen LogP contribution in [0.5, 0.6) is 0 Å². The lowest BCUT2D eigenvalue weighted by Crippen LogP contribution is -2.53. The van der Waals surface area contributed by atoms with Gasteiger partial charge in [-0.25, -0.2) is 4.79 Å². The molecular formula is C24H22N4O5. The highest BCUT2D eigenvalue weighted by atomic mass is 16.5. The topological polar surface area (TPSA) is 114 Å². The minimum absolute atomic E-state index is 0.0789. The Morgan fingerprint density at radius 2 is 1.67 bits per heavy atom. The number of nitrogens with zero attached hydrogens (tertiary/aromatic N) is 3. The zero-order valence-corrected chi connectivity index (χ0v) is 17.9. The third-order valence-electron chi connectivity index (χ3n) is 6.25. The Morgan fingerprint density at radius 1 is 1.06 bits per heavy atom. The Labute approximate surface area is 189 Å². The Hall–Kier alpha value is -4.14. The molecule has 1 fully saturated rings. The molecule has 1 aliphatic carbocycles. The summed E-state index contributed by atoms with van der Waals surface area (Å²) in [5, 5.41) is 15.7. The maximum absolute atomic E-state index is 12.7. The molecule has 9 heteroatoms. The summed E-state index contributed by atoms with van der Waals surface area (Å²) in [7, 11) is 1.60. The van der Waals surface area contributed by atoms with Crippen LogP contribution >= 0.6 is 0 Å². The Kier molecular flexibility index (Phi) is 5.08. The van der Waals surface area contributed by atoms with E-state index < -0.39 is 18.0 Å². The molecule has 2 heterocycles. The molecule has 2 aromatic carbocycles. The fourth-order valence-electron chi connectivity index (χ4n) is 4.44. The van der Waals surface area contributed by atoms with Crippen molar-refractivity contribution in [3.8, 4) is 11.1 Å². The molecule has 0 radical (unpaired) electrons. The molecule has 1 aliphatic heterocycles. The number of hydrogen-bond donors (Lipinski definition) is 2. The van der Waals surface area contributed by atoms with Crippen LogP contribution in [0.1, 0.15) is 27.4 Å². The van der Waals surface area contributed by atoms with E-state index >= 15 is 0 Å². The van der Waals surface area contributed by atoms with Gasteiger partial charge in [-0.05, 0) is 22.3 Å². The lowest BCUT2D eigenvalue weighted by molar-refractivity contribution is -0.146. The standard InChI is InChI=1S/C24H22N4O5/c1-27-21(19(10-25-27)22(29)28-11-14(12-28)23(30)31)26-24(32)33-13-20-17-8-4-2-6-15(17)16-7-3-5-9-18(16)20/h2-10,14,20H,11-13H2,1H3,(H,26,32)(H,30,31). The van der Waals surface area contributed by atoms with Crippen molar-refractivity contribution in [2.24, 2.45) is 13.0 Å². The van der Waals surface area contributed by atoms with Crippen LogP contribution in [-0.2, 0) is 16.6 Å². The molecule has 0 unspecified atom stereocenters. The zero-order valence-electron chi connectivity index (χ0n) is 17.9. The summed E-state index contributed by atoms with van der Waals surface area (Å²) in [5.41, 5.74) is 4.67. The van der Waals surface area contributed by atoms with Crippen LogP contribution in [0.25, 0.3) is 11.1 Å². The van der Waals surface area contributed by atoms with Crippen molar-refractivity contribution < 1.29 is 24.2 Å². The molecule has 0 spiro atoms. The van der Waals surface area contributed by atoms with Crippen molar-refractivity contribution in [2.75, 3.05) is 25.0 Å². The summed E-state index contributed by atoms with van der Waals surface area (Å²) in [5.74, 6) is -1.75. The second-order valence-corrected chi connectivity index (χ2v) is 8.23. The van der Waals surface area contributed by atoms with Gasteiger partial charge < -0.3 is 14.7 Å². The summed E-state index contributed by atoms with van der Waals surface area (Å²) in [6.07, 6.45) is 0.664. The van der Waals surface area contributed by atoms with Gasteiger partial charge in [0.05, 0.1) is 12.1 Å². The highest BCUT2D eigenvalue weighted by Crippen LogP contribution is 2.44. The van der Waals surface area contributed by atoms with Gasteiger partial charge >= 0.3 is 12.1 Å². The van der Waals surface area contributed by atoms with Gasteiger partial charge in [-0.15, -0.1) is 0 Å². The van der Waals surface area contributed by atoms with Crippen LogP contribution in [0.4, 0.5) is 10.6 Å². The van der Waals surface area contributed by atoms with E-state index in [1.54, 1.807) is 7.05 Å². The summed E-state index contributed by atoms with van der Waals surface area (Å²) in [6.45, 7) is 0.411. The maximum Gasteiger partial charge on any atom is 0.412 e. The van der Waals surface area contributed by atoms with E-state index in [1.165, 1.54) is 15.8 Å². The van der Waals surface area contributed by atoms with Gasteiger partial charge in [0.15, 0.2) is 0 Å². The van der Waals surface area contributed by atoms with Crippen molar-refractivity contribution in [1.82, 2.24) is 14.7 Å². The van der Waals surface area contributed by atoms with E-state index in [-0.39, 0.29) is 42.9 Å². The molecule has 0 atom stereocenters. The number of aromatic nitrogens is 2. The quantitative estimate of drug-likeness (QED) is 0.623. The Balaban J connectivity index is 1.27. The van der Waals surface area contributed by atoms with Gasteiger partial charge in [0.1, 0.15) is 18.0 Å². The van der Waals surface area contributed by atoms with Crippen LogP contribution in [0.15, 0.2) is 54.7 Å². The first kappa shape index (κ1) is 20.7. The van der Waals surface area contributed by atoms with Crippen molar-refractivity contribution in [3.63, 3.8) is 0 Å². The molecular weight excluding hydrogens is 424 g/mol. The molecule has 2 aliphatic rings. The number of aliphatic carboxylic acids is 1. The Morgan fingerprint density at radius 3 is 2.27 bits per heavy atom. The largest absolute Gasteiger partial charge is 0.481 e. The monoisotopic (exact) mass is 446 g/mol. The average Bonchev–Trinajstić information content (AvgIpc) is 3.29. The molecule has 5 rings (SSSR count). The minimum Gasteiger partial charge on any atom is -0.481 e. The van der Waals surface area contributed by atoms with Gasteiger partial charge in [-0.2, -0.15) is 5.10 Å². The molecule has 3 aromatic rings. The van der Waals surface area contributed by atoms with Crippen LogP contribution in [0, 0.1) is 5.92 Å². The molecule has 0 saturated carbocycles. The zero-order chi connectivity index (χ0) is 23.1. The average molecular weight is 446 g/mol. The van der Waals surface area contributed by atoms with E-state index in [2.05, 4.69) is 22.5 Å². The summed E-state index contributed by atoms with van der Waals surface area (Å²) in [4.78, 5) is 37.8. The lowest BCUT2D eigenvalue weighted by Gasteiger charge is -2.36. The van der Waals surface area contributed by atoms with Gasteiger partial charge in [-0.3, -0.25) is 19.6 Å². The van der Waals surface area contributed by atoms with E-state index in [0.717, 1.165) is 22.3 Å². The first-order valence-corrected chi connectivity index (χ1v) is 10.6. The Bertz CT molecular complexity index is 1220. The number of carboxylic acids is 1. The number of carboxylic acid groups (broad SMARTS) is 1. The SMILES string of the molecule is Cn1ncc(C(=O)N2CC(C(=O)O)C2)c1NC(=O)OCC1c2ccccc2-c2ccccc21. The number of fused-ring (bicyclic) bond motifs is 3. The molecule has 1 saturated heterocycles. The number of nitrogens with one attached hydrogen (secondary N) is 1. The predicted molar refractivity (Wildman–Crippen MR) is 119 cm³/mol. The van der Waals surface area contributed by atoms with Crippen molar-refractivity contribution >= 4 is 23.8 Å². The summed E-state index contributed by atoms with van der Waals surface area (Å²) >= 11 is 0. The van der Waals surface area contributed by atoms with Crippen molar-refractivity contribution in [2.45, 2.75) is 5.92 Å². The van der Waals surface area contributed by atoms with Gasteiger partial charge in [0.25, 0.3) is 5.91 Å². The number of carbonyl (C=O) groups excluding carboxylic acids is 2. The molecule has 1 aromatic heterocycles. The number of carbonyl (C=O) groups is 3. The lowest BCUT2D eigenvalue weighted by atomic mass is 9.98. The number of aryl methyl sites for hydroxylation is 1. The fourth-order valence-corrected chi connectivity index (χ4v) is 4.44. The van der Waals surface area contributed by atoms with Gasteiger partial charge in [0.2, 0.25) is 0 Å². The first-order valence-electron chi connectivity index (χ1n) is 10.6. The number of amides is 2. The number of hydrogen-bond acceptors (Lipinski definition) is 5. The van der Waals surface area contributed by atoms with Crippen LogP contribution in [0.2, 0.25) is 0 Å². The number of anilines is 1. The fraction of sp³-hybridized carbons (Fsp3) is 0.250. The molecule has 33 heavy (non-hydrogen) atoms. The molecule has 0 bridgehead atoms. The van der Waals surface area contributed by atoms with Gasteiger partial charge in [0, 0.05) is 26.1 Å². The molecule has 168 valence electrons. The number of ether oxygens (including phenoxy) is 1. The minimum atomic E-state index is -0.928. The van der Waals surface area contributed by atoms with Crippen LogP contribution in [-0.4, -0.2) is 57.5 Å². The summed E-state index contributed by atoms with van der Waals surface area (Å²) < 4.78 is 6.94. The van der Waals surface area contributed by atoms with E-state index in [1.807, 2.05) is 36.4 Å². The highest BCUT2D eigenvalue weighted by Gasteiger charge is 2.37. The first-order chi connectivity index (χ1) is 15.9. The maximum atomic E-state index is 12.7. The second kappa shape index (κ2) is 8.09. The third-order valence-corrected chi connectivity index (χ3v) is 6.25. The van der Waals surface area contributed by atoms with E-state index in [9.17, 15) is 14.4 Å². The molecule has 2 amide bonds. The number of benzene rings is 2. The number of likely N-dealkylation sites (tertiary alicyclic amines) is 1. The smallest absolute Gasteiger partial charge is 0.412 e. The predicted octanol–water partition coefficient (Wildman–Crippen LogP) is 2.94. The highest BCUT2D eigenvalue weighted by molar-refractivity contribution is 6.02. The summed E-state index contributed by atoms with van der Waals surface area (Å²) in [6, 6.07) is 16.1. The van der Waals surface area contributed by atoms with Crippen LogP contribution in [0.3, 0.4) is 0 Å². The molecule has 9 nitrogen and oxygen atoms in total. The van der Waals surface area contributed by atoms with Crippen molar-refractivity contribution in [1.29, 1.82) is 0 Å². The third kappa shape index (κ3) is 3.61. The van der Waals surface area contributed by atoms with Gasteiger partial charge in [-0.1, -0.05) is 48.5 Å². The van der Waals surface area contributed by atoms with E-state index in [4.69, 9.17) is 9.84 Å². The van der Waals surface area contributed by atoms with Crippen LogP contribution < -0.4 is 5.32 Å². The number of rotatable bonds is 5. The molecule has 2 N–H and O–H groups in total. The van der Waals surface area contributed by atoms with E-state index in [0.29, 0.717) is 0 Å². The normalized spacial score (nSPS) is 14.9. The second-order valence-electron chi connectivity index (χ2n) is 8.23.